The average molecular weight is 362 g/mol. The number of pyridine rings is 1. The number of ether oxygens (including phenoxy) is 2. The smallest absolute Gasteiger partial charge is 0.272 e. The quantitative estimate of drug-likeness (QED) is 0.726. The van der Waals surface area contributed by atoms with Crippen LogP contribution in [-0.2, 0) is 0 Å². The number of hydrogen-bond donors (Lipinski definition) is 2. The molecule has 1 spiro atoms. The number of aromatic nitrogens is 1. The number of anilines is 1. The van der Waals surface area contributed by atoms with Gasteiger partial charge in [-0.1, -0.05) is 18.2 Å². The molecular formula is C21H18N2O4. The van der Waals surface area contributed by atoms with E-state index < -0.39 is 5.79 Å². The van der Waals surface area contributed by atoms with Gasteiger partial charge in [-0.05, 0) is 42.5 Å². The first-order valence-electron chi connectivity index (χ1n) is 9.07. The number of hydrogen-bond acceptors (Lipinski definition) is 4. The van der Waals surface area contributed by atoms with Gasteiger partial charge in [0.25, 0.3) is 17.3 Å². The molecule has 5 rings (SSSR count). The SMILES string of the molecule is O=C(Nc1ccc2c(c1)OC1(CCCC1)O2)c1cc2ccccc2c(=O)[nH]1. The molecule has 6 nitrogen and oxygen atoms in total. The van der Waals surface area contributed by atoms with Crippen LogP contribution < -0.4 is 20.3 Å². The number of nitrogens with one attached hydrogen (secondary N) is 2. The number of H-pyrrole nitrogens is 1. The zero-order chi connectivity index (χ0) is 18.4. The van der Waals surface area contributed by atoms with Gasteiger partial charge < -0.3 is 19.8 Å². The van der Waals surface area contributed by atoms with E-state index >= 15 is 0 Å². The van der Waals surface area contributed by atoms with E-state index in [0.29, 0.717) is 22.6 Å². The molecule has 6 heteroatoms. The van der Waals surface area contributed by atoms with Gasteiger partial charge in [-0.2, -0.15) is 0 Å². The highest BCUT2D eigenvalue weighted by Crippen LogP contribution is 2.47. The molecule has 1 fully saturated rings. The van der Waals surface area contributed by atoms with Crippen molar-refractivity contribution in [3.05, 3.63) is 64.6 Å². The number of fused-ring (bicyclic) bond motifs is 2. The van der Waals surface area contributed by atoms with Gasteiger partial charge in [0.15, 0.2) is 11.5 Å². The maximum atomic E-state index is 12.6. The topological polar surface area (TPSA) is 80.4 Å². The van der Waals surface area contributed by atoms with Gasteiger partial charge in [-0.15, -0.1) is 0 Å². The minimum absolute atomic E-state index is 0.212. The van der Waals surface area contributed by atoms with E-state index in [9.17, 15) is 9.59 Å². The van der Waals surface area contributed by atoms with Crippen molar-refractivity contribution >= 4 is 22.4 Å². The second-order valence-corrected chi connectivity index (χ2v) is 7.04. The summed E-state index contributed by atoms with van der Waals surface area (Å²) < 4.78 is 12.0. The molecule has 1 aliphatic heterocycles. The Morgan fingerprint density at radius 3 is 2.63 bits per heavy atom. The number of amides is 1. The Labute approximate surface area is 155 Å². The highest BCUT2D eigenvalue weighted by atomic mass is 16.7. The van der Waals surface area contributed by atoms with Crippen molar-refractivity contribution in [2.24, 2.45) is 0 Å². The fraction of sp³-hybridized carbons (Fsp3) is 0.238. The van der Waals surface area contributed by atoms with Gasteiger partial charge in [-0.25, -0.2) is 0 Å². The zero-order valence-corrected chi connectivity index (χ0v) is 14.6. The van der Waals surface area contributed by atoms with Gasteiger partial charge in [-0.3, -0.25) is 9.59 Å². The van der Waals surface area contributed by atoms with Crippen molar-refractivity contribution in [3.63, 3.8) is 0 Å². The van der Waals surface area contributed by atoms with Crippen LogP contribution in [0.3, 0.4) is 0 Å². The standard InChI is InChI=1S/C21H18N2O4/c24-19-15-6-2-1-5-13(15)11-16(23-19)20(25)22-14-7-8-17-18(12-14)27-21(26-17)9-3-4-10-21/h1-2,5-8,11-12H,3-4,9-10H2,(H,22,25)(H,23,24). The molecule has 1 saturated carbocycles. The van der Waals surface area contributed by atoms with E-state index in [1.165, 1.54) is 0 Å². The van der Waals surface area contributed by atoms with E-state index in [0.717, 1.165) is 31.1 Å². The minimum atomic E-state index is -0.533. The number of benzene rings is 2. The Bertz CT molecular complexity index is 1110. The van der Waals surface area contributed by atoms with E-state index in [1.807, 2.05) is 12.1 Å². The van der Waals surface area contributed by atoms with Gasteiger partial charge in [0.1, 0.15) is 5.69 Å². The zero-order valence-electron chi connectivity index (χ0n) is 14.6. The van der Waals surface area contributed by atoms with Crippen molar-refractivity contribution < 1.29 is 14.3 Å². The number of carbonyl (C=O) groups excluding carboxylic acids is 1. The first-order chi connectivity index (χ1) is 13.1. The Morgan fingerprint density at radius 1 is 1.00 bits per heavy atom. The fourth-order valence-corrected chi connectivity index (χ4v) is 3.82. The lowest BCUT2D eigenvalue weighted by Gasteiger charge is -2.21. The highest BCUT2D eigenvalue weighted by molar-refractivity contribution is 6.04. The van der Waals surface area contributed by atoms with E-state index in [-0.39, 0.29) is 17.2 Å². The minimum Gasteiger partial charge on any atom is -0.448 e. The molecule has 136 valence electrons. The summed E-state index contributed by atoms with van der Waals surface area (Å²) >= 11 is 0. The van der Waals surface area contributed by atoms with Gasteiger partial charge in [0, 0.05) is 30.0 Å². The molecule has 0 unspecified atom stereocenters. The molecule has 3 aromatic rings. The second-order valence-electron chi connectivity index (χ2n) is 7.04. The largest absolute Gasteiger partial charge is 0.448 e. The lowest BCUT2D eigenvalue weighted by atomic mass is 10.1. The van der Waals surface area contributed by atoms with Crippen LogP contribution in [0, 0.1) is 0 Å². The number of rotatable bonds is 2. The summed E-state index contributed by atoms with van der Waals surface area (Å²) in [7, 11) is 0. The van der Waals surface area contributed by atoms with Crippen LogP contribution in [0.5, 0.6) is 11.5 Å². The molecule has 1 aromatic heterocycles. The lowest BCUT2D eigenvalue weighted by Crippen LogP contribution is -2.34. The summed E-state index contributed by atoms with van der Waals surface area (Å²) in [5.74, 6) is 0.428. The molecule has 0 bridgehead atoms. The van der Waals surface area contributed by atoms with Crippen molar-refractivity contribution in [1.82, 2.24) is 4.98 Å². The molecule has 0 saturated heterocycles. The van der Waals surface area contributed by atoms with Crippen LogP contribution in [0.15, 0.2) is 53.3 Å². The Kier molecular flexibility index (Phi) is 3.47. The molecule has 1 aliphatic carbocycles. The molecule has 27 heavy (non-hydrogen) atoms. The number of carbonyl (C=O) groups is 1. The van der Waals surface area contributed by atoms with Crippen molar-refractivity contribution in [2.75, 3.05) is 5.32 Å². The first-order valence-corrected chi connectivity index (χ1v) is 9.07. The van der Waals surface area contributed by atoms with Gasteiger partial charge in [0.2, 0.25) is 0 Å². The molecule has 2 aliphatic rings. The summed E-state index contributed by atoms with van der Waals surface area (Å²) in [5.41, 5.74) is 0.516. The Balaban J connectivity index is 1.40. The summed E-state index contributed by atoms with van der Waals surface area (Å²) in [4.78, 5) is 27.4. The average Bonchev–Trinajstić information content (AvgIpc) is 3.27. The molecule has 2 aromatic carbocycles. The number of aromatic amines is 1. The molecule has 0 atom stereocenters. The highest BCUT2D eigenvalue weighted by Gasteiger charge is 2.44. The van der Waals surface area contributed by atoms with Gasteiger partial charge >= 0.3 is 0 Å². The third-order valence-corrected chi connectivity index (χ3v) is 5.16. The van der Waals surface area contributed by atoms with Crippen LogP contribution in [0.2, 0.25) is 0 Å². The lowest BCUT2D eigenvalue weighted by molar-refractivity contribution is -0.0716. The first kappa shape index (κ1) is 15.9. The molecular weight excluding hydrogens is 344 g/mol. The maximum Gasteiger partial charge on any atom is 0.272 e. The second kappa shape index (κ2) is 5.87. The molecule has 2 heterocycles. The van der Waals surface area contributed by atoms with Crippen LogP contribution in [0.1, 0.15) is 36.2 Å². The summed E-state index contributed by atoms with van der Waals surface area (Å²) in [5, 5.41) is 4.09. The normalized spacial score (nSPS) is 16.7. The molecule has 2 N–H and O–H groups in total. The van der Waals surface area contributed by atoms with Gasteiger partial charge in [0.05, 0.1) is 0 Å². The van der Waals surface area contributed by atoms with E-state index in [4.69, 9.17) is 9.47 Å². The van der Waals surface area contributed by atoms with Crippen LogP contribution in [0.25, 0.3) is 10.8 Å². The van der Waals surface area contributed by atoms with Crippen LogP contribution in [-0.4, -0.2) is 16.7 Å². The maximum absolute atomic E-state index is 12.6. The summed E-state index contributed by atoms with van der Waals surface area (Å²) in [6, 6.07) is 14.2. The third-order valence-electron chi connectivity index (χ3n) is 5.16. The van der Waals surface area contributed by atoms with Crippen molar-refractivity contribution in [2.45, 2.75) is 31.5 Å². The van der Waals surface area contributed by atoms with Crippen molar-refractivity contribution in [3.8, 4) is 11.5 Å². The third kappa shape index (κ3) is 2.73. The fourth-order valence-electron chi connectivity index (χ4n) is 3.82. The molecule has 0 radical (unpaired) electrons. The Morgan fingerprint density at radius 2 is 1.78 bits per heavy atom. The van der Waals surface area contributed by atoms with Crippen molar-refractivity contribution in [1.29, 1.82) is 0 Å². The van der Waals surface area contributed by atoms with Crippen LogP contribution in [0.4, 0.5) is 5.69 Å². The summed E-state index contributed by atoms with van der Waals surface area (Å²) in [6.45, 7) is 0. The predicted octanol–water partition coefficient (Wildman–Crippen LogP) is 3.82. The van der Waals surface area contributed by atoms with E-state index in [2.05, 4.69) is 10.3 Å². The van der Waals surface area contributed by atoms with E-state index in [1.54, 1.807) is 36.4 Å². The predicted molar refractivity (Wildman–Crippen MR) is 101 cm³/mol. The van der Waals surface area contributed by atoms with Crippen LogP contribution >= 0.6 is 0 Å². The Hall–Kier alpha value is -3.28. The summed E-state index contributed by atoms with van der Waals surface area (Å²) in [6.07, 6.45) is 3.93. The monoisotopic (exact) mass is 362 g/mol. The molecule has 1 amide bonds.